The molecule has 3 nitrogen and oxygen atoms in total. The van der Waals surface area contributed by atoms with Gasteiger partial charge in [0.05, 0.1) is 0 Å². The van der Waals surface area contributed by atoms with Crippen molar-refractivity contribution in [3.05, 3.63) is 63.8 Å². The lowest BCUT2D eigenvalue weighted by Crippen LogP contribution is -2.24. The molecule has 0 amide bonds. The fourth-order valence-electron chi connectivity index (χ4n) is 3.69. The van der Waals surface area contributed by atoms with E-state index in [0.717, 1.165) is 52.4 Å². The summed E-state index contributed by atoms with van der Waals surface area (Å²) in [5, 5.41) is 4.38. The Hall–Kier alpha value is -1.99. The summed E-state index contributed by atoms with van der Waals surface area (Å²) in [7, 11) is 0. The van der Waals surface area contributed by atoms with Crippen LogP contribution < -0.4 is 10.1 Å². The molecule has 0 saturated heterocycles. The lowest BCUT2D eigenvalue weighted by molar-refractivity contribution is -0.274. The number of benzene rings is 2. The molecule has 0 spiro atoms. The molecule has 1 atom stereocenters. The van der Waals surface area contributed by atoms with E-state index in [9.17, 15) is 13.2 Å². The number of alkyl halides is 3. The summed E-state index contributed by atoms with van der Waals surface area (Å²) in [6.07, 6.45) is -1.86. The smallest absolute Gasteiger partial charge is 0.406 e. The molecule has 4 rings (SSSR count). The molecule has 2 aromatic carbocycles. The van der Waals surface area contributed by atoms with Crippen LogP contribution in [0.25, 0.3) is 10.9 Å². The van der Waals surface area contributed by atoms with E-state index >= 15 is 0 Å². The van der Waals surface area contributed by atoms with E-state index in [1.54, 1.807) is 6.07 Å². The number of hydrogen-bond donors (Lipinski definition) is 2. The topological polar surface area (TPSA) is 37.0 Å². The van der Waals surface area contributed by atoms with Crippen LogP contribution in [0.4, 0.5) is 13.2 Å². The van der Waals surface area contributed by atoms with Gasteiger partial charge in [0, 0.05) is 33.7 Å². The first-order valence-corrected chi connectivity index (χ1v) is 9.56. The van der Waals surface area contributed by atoms with Crippen LogP contribution in [0.2, 0.25) is 0 Å². The molecule has 1 aliphatic carbocycles. The molecule has 1 heterocycles. The Morgan fingerprint density at radius 3 is 2.67 bits per heavy atom. The van der Waals surface area contributed by atoms with E-state index in [4.69, 9.17) is 0 Å². The predicted molar refractivity (Wildman–Crippen MR) is 102 cm³/mol. The van der Waals surface area contributed by atoms with Crippen molar-refractivity contribution in [1.29, 1.82) is 0 Å². The van der Waals surface area contributed by atoms with Crippen molar-refractivity contribution < 1.29 is 17.9 Å². The average Bonchev–Trinajstić information content (AvgIpc) is 2.98. The average molecular weight is 439 g/mol. The van der Waals surface area contributed by atoms with Crippen LogP contribution >= 0.6 is 15.9 Å². The highest BCUT2D eigenvalue weighted by Gasteiger charge is 2.31. The van der Waals surface area contributed by atoms with E-state index in [2.05, 4.69) is 43.1 Å². The summed E-state index contributed by atoms with van der Waals surface area (Å²) in [6, 6.07) is 12.8. The fraction of sp³-hybridized carbons (Fsp3) is 0.300. The van der Waals surface area contributed by atoms with Gasteiger partial charge in [-0.15, -0.1) is 13.2 Å². The van der Waals surface area contributed by atoms with Crippen molar-refractivity contribution in [3.8, 4) is 5.75 Å². The Bertz CT molecular complexity index is 950. The van der Waals surface area contributed by atoms with Gasteiger partial charge in [-0.1, -0.05) is 28.1 Å². The van der Waals surface area contributed by atoms with Gasteiger partial charge in [0.25, 0.3) is 0 Å². The number of fused-ring (bicyclic) bond motifs is 3. The summed E-state index contributed by atoms with van der Waals surface area (Å²) in [5.74, 6) is -0.179. The lowest BCUT2D eigenvalue weighted by atomic mass is 9.91. The van der Waals surface area contributed by atoms with Gasteiger partial charge in [0.2, 0.25) is 0 Å². The number of aromatic nitrogens is 1. The molecule has 0 saturated carbocycles. The highest BCUT2D eigenvalue weighted by Crippen LogP contribution is 2.37. The van der Waals surface area contributed by atoms with E-state index in [1.807, 2.05) is 12.1 Å². The van der Waals surface area contributed by atoms with Gasteiger partial charge in [-0.25, -0.2) is 0 Å². The molecule has 27 heavy (non-hydrogen) atoms. The first-order chi connectivity index (χ1) is 12.9. The van der Waals surface area contributed by atoms with Crippen molar-refractivity contribution >= 4 is 26.8 Å². The third kappa shape index (κ3) is 4.14. The van der Waals surface area contributed by atoms with Crippen molar-refractivity contribution in [2.45, 2.75) is 38.2 Å². The van der Waals surface area contributed by atoms with E-state index in [0.29, 0.717) is 0 Å². The fourth-order valence-corrected chi connectivity index (χ4v) is 3.95. The number of rotatable bonds is 4. The first-order valence-electron chi connectivity index (χ1n) is 8.77. The van der Waals surface area contributed by atoms with Crippen LogP contribution in [0.3, 0.4) is 0 Å². The SMILES string of the molecule is FC(F)(F)Oc1ccc2[nH]c3c(c2c1)CCCC3NCc1ccc(Br)cc1. The summed E-state index contributed by atoms with van der Waals surface area (Å²) in [4.78, 5) is 3.39. The van der Waals surface area contributed by atoms with Gasteiger partial charge >= 0.3 is 6.36 Å². The minimum atomic E-state index is -4.68. The third-order valence-corrected chi connectivity index (χ3v) is 5.41. The van der Waals surface area contributed by atoms with Crippen LogP contribution in [-0.4, -0.2) is 11.3 Å². The van der Waals surface area contributed by atoms with Crippen LogP contribution in [-0.2, 0) is 13.0 Å². The molecular weight excluding hydrogens is 421 g/mol. The number of ether oxygens (including phenoxy) is 1. The zero-order valence-corrected chi connectivity index (χ0v) is 16.0. The minimum absolute atomic E-state index is 0.150. The van der Waals surface area contributed by atoms with Gasteiger partial charge in [0.1, 0.15) is 5.75 Å². The maximum absolute atomic E-state index is 12.5. The van der Waals surface area contributed by atoms with Crippen molar-refractivity contribution in [1.82, 2.24) is 10.3 Å². The number of aryl methyl sites for hydroxylation is 1. The zero-order chi connectivity index (χ0) is 19.0. The molecule has 0 radical (unpaired) electrons. The Balaban J connectivity index is 1.58. The zero-order valence-electron chi connectivity index (χ0n) is 14.4. The standard InChI is InChI=1S/C20H18BrF3N2O/c21-13-6-4-12(5-7-13)11-25-18-3-1-2-15-16-10-14(27-20(22,23)24)8-9-17(16)26-19(15)18/h4-10,18,25-26H,1-3,11H2. The number of hydrogen-bond acceptors (Lipinski definition) is 2. The van der Waals surface area contributed by atoms with E-state index < -0.39 is 6.36 Å². The second-order valence-corrected chi connectivity index (χ2v) is 7.64. The number of aromatic amines is 1. The van der Waals surface area contributed by atoms with Crippen LogP contribution in [0.1, 0.15) is 35.7 Å². The lowest BCUT2D eigenvalue weighted by Gasteiger charge is -2.24. The Kier molecular flexibility index (Phi) is 4.90. The highest BCUT2D eigenvalue weighted by molar-refractivity contribution is 9.10. The summed E-state index contributed by atoms with van der Waals surface area (Å²) in [6.45, 7) is 0.731. The second kappa shape index (κ2) is 7.20. The van der Waals surface area contributed by atoms with E-state index in [1.165, 1.54) is 17.7 Å². The second-order valence-electron chi connectivity index (χ2n) is 6.72. The van der Waals surface area contributed by atoms with Crippen molar-refractivity contribution in [2.75, 3.05) is 0 Å². The van der Waals surface area contributed by atoms with Gasteiger partial charge in [-0.3, -0.25) is 0 Å². The van der Waals surface area contributed by atoms with Gasteiger partial charge in [0.15, 0.2) is 0 Å². The van der Waals surface area contributed by atoms with Gasteiger partial charge < -0.3 is 15.0 Å². The maximum atomic E-state index is 12.5. The molecule has 7 heteroatoms. The Morgan fingerprint density at radius 2 is 1.93 bits per heavy atom. The summed E-state index contributed by atoms with van der Waals surface area (Å²) >= 11 is 3.43. The molecule has 0 fully saturated rings. The normalized spacial score (nSPS) is 17.1. The molecule has 0 bridgehead atoms. The van der Waals surface area contributed by atoms with Crippen molar-refractivity contribution in [2.24, 2.45) is 0 Å². The molecule has 3 aromatic rings. The molecule has 1 unspecified atom stereocenters. The van der Waals surface area contributed by atoms with Crippen LogP contribution in [0, 0.1) is 0 Å². The molecule has 1 aromatic heterocycles. The molecular formula is C20H18BrF3N2O. The van der Waals surface area contributed by atoms with E-state index in [-0.39, 0.29) is 11.8 Å². The summed E-state index contributed by atoms with van der Waals surface area (Å²) < 4.78 is 42.7. The quantitative estimate of drug-likeness (QED) is 0.524. The maximum Gasteiger partial charge on any atom is 0.573 e. The van der Waals surface area contributed by atoms with Crippen LogP contribution in [0.5, 0.6) is 5.75 Å². The summed E-state index contributed by atoms with van der Waals surface area (Å²) in [5.41, 5.74) is 4.17. The van der Waals surface area contributed by atoms with Crippen molar-refractivity contribution in [3.63, 3.8) is 0 Å². The van der Waals surface area contributed by atoms with Gasteiger partial charge in [-0.05, 0) is 60.7 Å². The Morgan fingerprint density at radius 1 is 1.15 bits per heavy atom. The Labute approximate surface area is 163 Å². The molecule has 1 aliphatic rings. The van der Waals surface area contributed by atoms with Gasteiger partial charge in [-0.2, -0.15) is 0 Å². The third-order valence-electron chi connectivity index (χ3n) is 4.88. The highest BCUT2D eigenvalue weighted by atomic mass is 79.9. The molecule has 2 N–H and O–H groups in total. The number of H-pyrrole nitrogens is 1. The molecule has 0 aliphatic heterocycles. The largest absolute Gasteiger partial charge is 0.573 e. The number of halogens is 4. The molecule has 142 valence electrons. The number of nitrogens with one attached hydrogen (secondary N) is 2. The predicted octanol–water partition coefficient (Wildman–Crippen LogP) is 6.00. The van der Waals surface area contributed by atoms with Crippen LogP contribution in [0.15, 0.2) is 46.9 Å². The minimum Gasteiger partial charge on any atom is -0.406 e. The first kappa shape index (κ1) is 18.4. The monoisotopic (exact) mass is 438 g/mol.